The normalized spacial score (nSPS) is 16.3. The van der Waals surface area contributed by atoms with Crippen LogP contribution in [0.5, 0.6) is 5.75 Å². The molecule has 1 fully saturated rings. The molecule has 30 heavy (non-hydrogen) atoms. The second-order valence-corrected chi connectivity index (χ2v) is 8.10. The summed E-state index contributed by atoms with van der Waals surface area (Å²) >= 11 is 11.9. The van der Waals surface area contributed by atoms with Crippen molar-refractivity contribution in [1.29, 1.82) is 0 Å². The number of aromatic amines is 1. The third kappa shape index (κ3) is 6.18. The third-order valence-corrected chi connectivity index (χ3v) is 5.69. The lowest BCUT2D eigenvalue weighted by Gasteiger charge is -2.33. The van der Waals surface area contributed by atoms with Crippen LogP contribution in [0.4, 0.5) is 0 Å². The zero-order valence-electron chi connectivity index (χ0n) is 16.5. The van der Waals surface area contributed by atoms with Crippen molar-refractivity contribution >= 4 is 29.1 Å². The van der Waals surface area contributed by atoms with Gasteiger partial charge < -0.3 is 25.0 Å². The average molecular weight is 455 g/mol. The van der Waals surface area contributed by atoms with Crippen LogP contribution in [0.2, 0.25) is 10.0 Å². The van der Waals surface area contributed by atoms with E-state index in [4.69, 9.17) is 27.9 Å². The molecular weight excluding hydrogens is 431 g/mol. The van der Waals surface area contributed by atoms with Crippen LogP contribution in [0.3, 0.4) is 0 Å². The van der Waals surface area contributed by atoms with Gasteiger partial charge >= 0.3 is 5.69 Å². The van der Waals surface area contributed by atoms with Gasteiger partial charge in [-0.15, -0.1) is 0 Å². The molecule has 8 nitrogen and oxygen atoms in total. The Morgan fingerprint density at radius 2 is 2.10 bits per heavy atom. The lowest BCUT2D eigenvalue weighted by Crippen LogP contribution is -2.45. The van der Waals surface area contributed by atoms with E-state index in [1.54, 1.807) is 25.1 Å². The Morgan fingerprint density at radius 3 is 2.77 bits per heavy atom. The van der Waals surface area contributed by atoms with Crippen molar-refractivity contribution < 1.29 is 14.6 Å². The quantitative estimate of drug-likeness (QED) is 0.590. The van der Waals surface area contributed by atoms with E-state index < -0.39 is 11.8 Å². The second kappa shape index (κ2) is 10.3. The molecule has 0 aliphatic carbocycles. The van der Waals surface area contributed by atoms with Gasteiger partial charge in [0.1, 0.15) is 11.9 Å². The summed E-state index contributed by atoms with van der Waals surface area (Å²) in [5.41, 5.74) is 0.212. The van der Waals surface area contributed by atoms with Crippen molar-refractivity contribution in [3.63, 3.8) is 0 Å². The molecule has 0 unspecified atom stereocenters. The molecule has 2 aromatic rings. The number of nitrogens with one attached hydrogen (secondary N) is 2. The molecule has 2 heterocycles. The highest BCUT2D eigenvalue weighted by molar-refractivity contribution is 6.42. The molecule has 1 aliphatic rings. The summed E-state index contributed by atoms with van der Waals surface area (Å²) < 4.78 is 5.97. The summed E-state index contributed by atoms with van der Waals surface area (Å²) in [4.78, 5) is 31.5. The van der Waals surface area contributed by atoms with E-state index >= 15 is 0 Å². The fraction of sp³-hybridized carbons (Fsp3) is 0.450. The summed E-state index contributed by atoms with van der Waals surface area (Å²) in [6.07, 6.45) is 2.24. The van der Waals surface area contributed by atoms with Gasteiger partial charge in [0.05, 0.1) is 21.7 Å². The number of aromatic nitrogens is 2. The smallest absolute Gasteiger partial charge is 0.345 e. The summed E-state index contributed by atoms with van der Waals surface area (Å²) in [5, 5.41) is 13.9. The van der Waals surface area contributed by atoms with Crippen LogP contribution in [0, 0.1) is 6.92 Å². The molecule has 10 heteroatoms. The SMILES string of the molecule is Cc1[nH]c(=O)ncc1C(=O)NC[C@@H](O)CN1CCC(Oc2ccc(Cl)c(Cl)c2)CC1. The number of piperidine rings is 1. The lowest BCUT2D eigenvalue weighted by atomic mass is 10.1. The van der Waals surface area contributed by atoms with Gasteiger partial charge in [-0.25, -0.2) is 9.78 Å². The molecule has 0 saturated carbocycles. The van der Waals surface area contributed by atoms with Crippen molar-refractivity contribution in [2.45, 2.75) is 32.0 Å². The number of nitrogens with zero attached hydrogens (tertiary/aromatic N) is 2. The minimum absolute atomic E-state index is 0.0750. The highest BCUT2D eigenvalue weighted by Crippen LogP contribution is 2.28. The number of rotatable bonds is 7. The van der Waals surface area contributed by atoms with E-state index in [1.165, 1.54) is 6.20 Å². The first-order chi connectivity index (χ1) is 14.3. The number of likely N-dealkylation sites (tertiary alicyclic amines) is 1. The van der Waals surface area contributed by atoms with E-state index in [0.29, 0.717) is 28.0 Å². The Morgan fingerprint density at radius 1 is 1.37 bits per heavy atom. The average Bonchev–Trinajstić information content (AvgIpc) is 2.70. The predicted molar refractivity (Wildman–Crippen MR) is 114 cm³/mol. The number of H-pyrrole nitrogens is 1. The van der Waals surface area contributed by atoms with E-state index in [2.05, 4.69) is 20.2 Å². The van der Waals surface area contributed by atoms with Gasteiger partial charge in [0, 0.05) is 44.1 Å². The number of aryl methyl sites for hydroxylation is 1. The Balaban J connectivity index is 1.40. The van der Waals surface area contributed by atoms with Crippen molar-refractivity contribution in [2.24, 2.45) is 0 Å². The molecule has 3 rings (SSSR count). The van der Waals surface area contributed by atoms with E-state index in [0.717, 1.165) is 25.9 Å². The number of carbonyl (C=O) groups excluding carboxylic acids is 1. The van der Waals surface area contributed by atoms with Gasteiger partial charge in [-0.2, -0.15) is 0 Å². The fourth-order valence-corrected chi connectivity index (χ4v) is 3.62. The van der Waals surface area contributed by atoms with Gasteiger partial charge in [-0.3, -0.25) is 4.79 Å². The molecule has 162 valence electrons. The maximum absolute atomic E-state index is 12.2. The number of aliphatic hydroxyl groups is 1. The number of halogens is 2. The number of ether oxygens (including phenoxy) is 1. The Labute approximate surface area is 184 Å². The number of hydrogen-bond donors (Lipinski definition) is 3. The highest BCUT2D eigenvalue weighted by Gasteiger charge is 2.23. The molecule has 1 aromatic heterocycles. The van der Waals surface area contributed by atoms with Crippen LogP contribution in [0.1, 0.15) is 28.9 Å². The van der Waals surface area contributed by atoms with E-state index in [-0.39, 0.29) is 24.1 Å². The molecule has 1 amide bonds. The molecule has 0 spiro atoms. The minimum Gasteiger partial charge on any atom is -0.490 e. The van der Waals surface area contributed by atoms with Crippen LogP contribution in [-0.4, -0.2) is 64.3 Å². The Bertz CT molecular complexity index is 945. The van der Waals surface area contributed by atoms with Crippen LogP contribution >= 0.6 is 23.2 Å². The van der Waals surface area contributed by atoms with Crippen LogP contribution in [0.25, 0.3) is 0 Å². The largest absolute Gasteiger partial charge is 0.490 e. The Hall–Kier alpha value is -2.13. The molecule has 1 aromatic carbocycles. The van der Waals surface area contributed by atoms with Crippen LogP contribution in [-0.2, 0) is 0 Å². The number of hydrogen-bond acceptors (Lipinski definition) is 6. The summed E-state index contributed by atoms with van der Waals surface area (Å²) in [6.45, 7) is 3.73. The van der Waals surface area contributed by atoms with Crippen molar-refractivity contribution in [3.8, 4) is 5.75 Å². The van der Waals surface area contributed by atoms with Gasteiger partial charge in [0.15, 0.2) is 0 Å². The predicted octanol–water partition coefficient (Wildman–Crippen LogP) is 2.02. The standard InChI is InChI=1S/C20H24Cl2N4O4/c1-12-16(10-24-20(29)25-12)19(28)23-9-13(27)11-26-6-4-14(5-7-26)30-15-2-3-17(21)18(22)8-15/h2-3,8,10,13-14,27H,4-7,9,11H2,1H3,(H,23,28)(H,24,25,29)/t13-/m1/s1. The van der Waals surface area contributed by atoms with E-state index in [1.807, 2.05) is 0 Å². The minimum atomic E-state index is -0.711. The number of aliphatic hydroxyl groups excluding tert-OH is 1. The number of amides is 1. The maximum Gasteiger partial charge on any atom is 0.345 e. The van der Waals surface area contributed by atoms with Gasteiger partial charge in [-0.05, 0) is 31.9 Å². The first-order valence-corrected chi connectivity index (χ1v) is 10.4. The summed E-state index contributed by atoms with van der Waals surface area (Å²) in [7, 11) is 0. The fourth-order valence-electron chi connectivity index (χ4n) is 3.33. The number of β-amino-alcohol motifs (C(OH)–C–C–N with tert-alkyl or cyclic N) is 1. The highest BCUT2D eigenvalue weighted by atomic mass is 35.5. The number of benzene rings is 1. The molecule has 1 aliphatic heterocycles. The van der Waals surface area contributed by atoms with Gasteiger partial charge in [0.2, 0.25) is 0 Å². The van der Waals surface area contributed by atoms with Gasteiger partial charge in [0.25, 0.3) is 5.91 Å². The van der Waals surface area contributed by atoms with Gasteiger partial charge in [-0.1, -0.05) is 23.2 Å². The zero-order valence-corrected chi connectivity index (χ0v) is 18.0. The molecular formula is C20H24Cl2N4O4. The molecule has 0 radical (unpaired) electrons. The third-order valence-electron chi connectivity index (χ3n) is 4.95. The zero-order chi connectivity index (χ0) is 21.7. The molecule has 3 N–H and O–H groups in total. The summed E-state index contributed by atoms with van der Waals surface area (Å²) in [5.74, 6) is 0.307. The van der Waals surface area contributed by atoms with Crippen molar-refractivity contribution in [2.75, 3.05) is 26.2 Å². The topological polar surface area (TPSA) is 108 Å². The number of carbonyl (C=O) groups is 1. The Kier molecular flexibility index (Phi) is 7.71. The lowest BCUT2D eigenvalue weighted by molar-refractivity contribution is 0.0594. The molecule has 1 saturated heterocycles. The second-order valence-electron chi connectivity index (χ2n) is 7.28. The van der Waals surface area contributed by atoms with Crippen molar-refractivity contribution in [1.82, 2.24) is 20.2 Å². The van der Waals surface area contributed by atoms with Crippen LogP contribution in [0.15, 0.2) is 29.2 Å². The molecule has 0 bridgehead atoms. The first kappa shape index (κ1) is 22.6. The summed E-state index contributed by atoms with van der Waals surface area (Å²) in [6, 6.07) is 5.22. The maximum atomic E-state index is 12.2. The van der Waals surface area contributed by atoms with E-state index in [9.17, 15) is 14.7 Å². The first-order valence-electron chi connectivity index (χ1n) is 9.68. The monoisotopic (exact) mass is 454 g/mol. The molecule has 1 atom stereocenters. The van der Waals surface area contributed by atoms with Crippen molar-refractivity contribution in [3.05, 3.63) is 56.2 Å². The van der Waals surface area contributed by atoms with Crippen LogP contribution < -0.4 is 15.7 Å².